The third kappa shape index (κ3) is 4.45. The number of anilines is 1. The summed E-state index contributed by atoms with van der Waals surface area (Å²) >= 11 is 0. The number of hydrogen-bond acceptors (Lipinski definition) is 3. The van der Waals surface area contributed by atoms with Crippen molar-refractivity contribution in [3.8, 4) is 6.07 Å². The third-order valence-electron chi connectivity index (χ3n) is 2.55. The van der Waals surface area contributed by atoms with Crippen LogP contribution in [0.1, 0.15) is 31.4 Å². The summed E-state index contributed by atoms with van der Waals surface area (Å²) in [5, 5.41) is 20.9. The lowest BCUT2D eigenvalue weighted by molar-refractivity contribution is -0.137. The Hall–Kier alpha value is -1.74. The van der Waals surface area contributed by atoms with Gasteiger partial charge in [-0.15, -0.1) is 0 Å². The minimum atomic E-state index is -4.53. The van der Waals surface area contributed by atoms with Crippen molar-refractivity contribution in [3.05, 3.63) is 29.3 Å². The van der Waals surface area contributed by atoms with Gasteiger partial charge in [0, 0.05) is 11.7 Å². The highest BCUT2D eigenvalue weighted by Crippen LogP contribution is 2.33. The second-order valence-electron chi connectivity index (χ2n) is 4.50. The van der Waals surface area contributed by atoms with Gasteiger partial charge in [0.25, 0.3) is 0 Å². The molecule has 3 nitrogen and oxygen atoms in total. The molecule has 2 N–H and O–H groups in total. The molecule has 19 heavy (non-hydrogen) atoms. The van der Waals surface area contributed by atoms with Gasteiger partial charge in [0.2, 0.25) is 0 Å². The van der Waals surface area contributed by atoms with Crippen LogP contribution in [0.5, 0.6) is 0 Å². The molecule has 0 aliphatic heterocycles. The molecular formula is C13H15F3N2O. The Labute approximate surface area is 109 Å². The lowest BCUT2D eigenvalue weighted by Crippen LogP contribution is -2.20. The van der Waals surface area contributed by atoms with E-state index in [4.69, 9.17) is 5.26 Å². The first-order chi connectivity index (χ1) is 8.74. The fraction of sp³-hybridized carbons (Fsp3) is 0.462. The van der Waals surface area contributed by atoms with Crippen LogP contribution in [0.4, 0.5) is 18.9 Å². The molecule has 104 valence electrons. The van der Waals surface area contributed by atoms with Crippen LogP contribution in [-0.4, -0.2) is 17.3 Å². The van der Waals surface area contributed by atoms with Gasteiger partial charge in [0.1, 0.15) is 0 Å². The maximum absolute atomic E-state index is 12.6. The molecule has 0 aromatic heterocycles. The predicted molar refractivity (Wildman–Crippen MR) is 65.5 cm³/mol. The highest BCUT2D eigenvalue weighted by Gasteiger charge is 2.33. The van der Waals surface area contributed by atoms with Crippen molar-refractivity contribution in [2.45, 2.75) is 38.6 Å². The summed E-state index contributed by atoms with van der Waals surface area (Å²) in [6.07, 6.45) is -4.58. The number of benzene rings is 1. The molecule has 0 bridgehead atoms. The fourth-order valence-corrected chi connectivity index (χ4v) is 1.83. The van der Waals surface area contributed by atoms with Crippen molar-refractivity contribution in [2.75, 3.05) is 5.32 Å². The molecule has 1 aromatic carbocycles. The topological polar surface area (TPSA) is 56.0 Å². The van der Waals surface area contributed by atoms with Crippen LogP contribution in [0.25, 0.3) is 0 Å². The molecular weight excluding hydrogens is 257 g/mol. The number of rotatable bonds is 4. The molecule has 1 rings (SSSR count). The van der Waals surface area contributed by atoms with Gasteiger partial charge in [-0.25, -0.2) is 0 Å². The summed E-state index contributed by atoms with van der Waals surface area (Å²) in [7, 11) is 0. The summed E-state index contributed by atoms with van der Waals surface area (Å²) in [6.45, 7) is 3.43. The van der Waals surface area contributed by atoms with Gasteiger partial charge in [0.05, 0.1) is 23.3 Å². The van der Waals surface area contributed by atoms with Crippen molar-refractivity contribution in [3.63, 3.8) is 0 Å². The minimum Gasteiger partial charge on any atom is -0.393 e. The Kier molecular flexibility index (Phi) is 4.78. The van der Waals surface area contributed by atoms with Gasteiger partial charge >= 0.3 is 6.18 Å². The fourth-order valence-electron chi connectivity index (χ4n) is 1.83. The molecule has 0 saturated carbocycles. The number of aliphatic hydroxyl groups is 1. The summed E-state index contributed by atoms with van der Waals surface area (Å²) in [6, 6.07) is 4.77. The van der Waals surface area contributed by atoms with E-state index in [0.29, 0.717) is 12.1 Å². The van der Waals surface area contributed by atoms with Crippen molar-refractivity contribution in [1.82, 2.24) is 0 Å². The van der Waals surface area contributed by atoms with Crippen LogP contribution in [-0.2, 0) is 6.18 Å². The summed E-state index contributed by atoms with van der Waals surface area (Å²) in [4.78, 5) is 0. The molecule has 0 heterocycles. The van der Waals surface area contributed by atoms with E-state index in [-0.39, 0.29) is 6.04 Å². The van der Waals surface area contributed by atoms with Gasteiger partial charge in [-0.1, -0.05) is 0 Å². The van der Waals surface area contributed by atoms with E-state index in [0.717, 1.165) is 6.07 Å². The second-order valence-corrected chi connectivity index (χ2v) is 4.50. The molecule has 0 aliphatic rings. The molecule has 0 amide bonds. The number of hydrogen-bond donors (Lipinski definition) is 2. The summed E-state index contributed by atoms with van der Waals surface area (Å²) in [5.74, 6) is 0. The zero-order chi connectivity index (χ0) is 14.6. The monoisotopic (exact) mass is 272 g/mol. The minimum absolute atomic E-state index is 0.108. The van der Waals surface area contributed by atoms with Crippen molar-refractivity contribution >= 4 is 5.69 Å². The van der Waals surface area contributed by atoms with Crippen molar-refractivity contribution < 1.29 is 18.3 Å². The van der Waals surface area contributed by atoms with Crippen LogP contribution in [0, 0.1) is 11.3 Å². The van der Waals surface area contributed by atoms with E-state index < -0.39 is 23.4 Å². The van der Waals surface area contributed by atoms with E-state index in [1.807, 2.05) is 0 Å². The van der Waals surface area contributed by atoms with Crippen molar-refractivity contribution in [2.24, 2.45) is 0 Å². The smallest absolute Gasteiger partial charge is 0.393 e. The third-order valence-corrected chi connectivity index (χ3v) is 2.55. The molecule has 6 heteroatoms. The lowest BCUT2D eigenvalue weighted by atomic mass is 10.1. The number of nitriles is 1. The normalized spacial score (nSPS) is 14.6. The molecule has 1 aromatic rings. The second kappa shape index (κ2) is 5.93. The Morgan fingerprint density at radius 1 is 1.37 bits per heavy atom. The predicted octanol–water partition coefficient (Wildman–Crippen LogP) is 3.15. The SMILES string of the molecule is CC(O)CC(C)Nc1ccc(C(F)(F)F)c(C#N)c1. The maximum Gasteiger partial charge on any atom is 0.417 e. The summed E-state index contributed by atoms with van der Waals surface area (Å²) in [5.41, 5.74) is -0.928. The van der Waals surface area contributed by atoms with Crippen LogP contribution in [0.3, 0.4) is 0 Å². The molecule has 0 fully saturated rings. The Morgan fingerprint density at radius 2 is 2.00 bits per heavy atom. The highest BCUT2D eigenvalue weighted by molar-refractivity contribution is 5.54. The zero-order valence-corrected chi connectivity index (χ0v) is 10.6. The number of nitrogens with one attached hydrogen (secondary N) is 1. The van der Waals surface area contributed by atoms with Crippen molar-refractivity contribution in [1.29, 1.82) is 5.26 Å². The molecule has 0 saturated heterocycles. The lowest BCUT2D eigenvalue weighted by Gasteiger charge is -2.18. The first-order valence-corrected chi connectivity index (χ1v) is 5.80. The van der Waals surface area contributed by atoms with E-state index >= 15 is 0 Å². The standard InChI is InChI=1S/C13H15F3N2O/c1-8(5-9(2)19)18-11-3-4-12(13(14,15)16)10(6-11)7-17/h3-4,6,8-9,18-19H,5H2,1-2H3. The number of alkyl halides is 3. The quantitative estimate of drug-likeness (QED) is 0.885. The number of halogens is 3. The maximum atomic E-state index is 12.6. The Bertz CT molecular complexity index is 478. The average molecular weight is 272 g/mol. The summed E-state index contributed by atoms with van der Waals surface area (Å²) < 4.78 is 37.8. The number of aliphatic hydroxyl groups excluding tert-OH is 1. The van der Waals surface area contributed by atoms with Gasteiger partial charge in [-0.3, -0.25) is 0 Å². The molecule has 2 atom stereocenters. The van der Waals surface area contributed by atoms with Gasteiger partial charge in [-0.2, -0.15) is 18.4 Å². The number of nitrogens with zero attached hydrogens (tertiary/aromatic N) is 1. The first-order valence-electron chi connectivity index (χ1n) is 5.80. The molecule has 2 unspecified atom stereocenters. The van der Waals surface area contributed by atoms with Crippen LogP contribution < -0.4 is 5.32 Å². The van der Waals surface area contributed by atoms with Crippen LogP contribution in [0.2, 0.25) is 0 Å². The largest absolute Gasteiger partial charge is 0.417 e. The molecule has 0 spiro atoms. The Morgan fingerprint density at radius 3 is 2.47 bits per heavy atom. The van der Waals surface area contributed by atoms with Gasteiger partial charge < -0.3 is 10.4 Å². The van der Waals surface area contributed by atoms with E-state index in [9.17, 15) is 18.3 Å². The Balaban J connectivity index is 2.93. The van der Waals surface area contributed by atoms with Crippen LogP contribution >= 0.6 is 0 Å². The van der Waals surface area contributed by atoms with Gasteiger partial charge in [-0.05, 0) is 38.5 Å². The first kappa shape index (κ1) is 15.3. The van der Waals surface area contributed by atoms with E-state index in [2.05, 4.69) is 5.32 Å². The van der Waals surface area contributed by atoms with Crippen LogP contribution in [0.15, 0.2) is 18.2 Å². The van der Waals surface area contributed by atoms with Gasteiger partial charge in [0.15, 0.2) is 0 Å². The molecule has 0 aliphatic carbocycles. The molecule has 0 radical (unpaired) electrons. The van der Waals surface area contributed by atoms with E-state index in [1.54, 1.807) is 19.9 Å². The average Bonchev–Trinajstić information content (AvgIpc) is 2.25. The zero-order valence-electron chi connectivity index (χ0n) is 10.6. The van der Waals surface area contributed by atoms with E-state index in [1.165, 1.54) is 12.1 Å². The highest BCUT2D eigenvalue weighted by atomic mass is 19.4.